The fraction of sp³-hybridized carbons (Fsp3) is 0.150. The monoisotopic (exact) mass is 410 g/mol. The molecule has 146 valence electrons. The van der Waals surface area contributed by atoms with Crippen LogP contribution in [-0.4, -0.2) is 16.9 Å². The first-order valence-corrected chi connectivity index (χ1v) is 8.43. The average Bonchev–Trinajstić information content (AvgIpc) is 2.62. The summed E-state index contributed by atoms with van der Waals surface area (Å²) >= 11 is 5.85. The van der Waals surface area contributed by atoms with Gasteiger partial charge in [-0.15, -0.1) is 0 Å². The lowest BCUT2D eigenvalue weighted by Gasteiger charge is -2.27. The van der Waals surface area contributed by atoms with E-state index in [-0.39, 0.29) is 16.5 Å². The lowest BCUT2D eigenvalue weighted by molar-refractivity contribution is -0.181. The molecule has 0 radical (unpaired) electrons. The maximum atomic E-state index is 12.8. The Morgan fingerprint density at radius 1 is 0.964 bits per heavy atom. The van der Waals surface area contributed by atoms with Gasteiger partial charge in [0.1, 0.15) is 11.5 Å². The zero-order valence-corrected chi connectivity index (χ0v) is 15.2. The van der Waals surface area contributed by atoms with E-state index < -0.39 is 23.5 Å². The molecule has 0 spiro atoms. The summed E-state index contributed by atoms with van der Waals surface area (Å²) in [5, 5.41) is 10.9. The average molecular weight is 411 g/mol. The lowest BCUT2D eigenvalue weighted by atomic mass is 10.1. The number of hydrogen-bond donors (Lipinski definition) is 1. The quantitative estimate of drug-likeness (QED) is 0.542. The van der Waals surface area contributed by atoms with Crippen molar-refractivity contribution in [3.8, 4) is 11.5 Å². The first-order chi connectivity index (χ1) is 13.1. The fourth-order valence-electron chi connectivity index (χ4n) is 2.53. The van der Waals surface area contributed by atoms with Gasteiger partial charge in [0.05, 0.1) is 10.6 Å². The van der Waals surface area contributed by atoms with Crippen LogP contribution in [0.5, 0.6) is 11.5 Å². The number of carboxylic acids is 1. The predicted molar refractivity (Wildman–Crippen MR) is 97.7 cm³/mol. The lowest BCUT2D eigenvalue weighted by Crippen LogP contribution is -2.47. The zero-order chi connectivity index (χ0) is 20.5. The van der Waals surface area contributed by atoms with E-state index in [4.69, 9.17) is 21.1 Å². The van der Waals surface area contributed by atoms with Crippen molar-refractivity contribution >= 4 is 28.3 Å². The number of ether oxygens (including phenoxy) is 2. The van der Waals surface area contributed by atoms with Gasteiger partial charge in [0, 0.05) is 6.92 Å². The minimum atomic E-state index is -4.58. The number of hydrogen-bond acceptors (Lipinski definition) is 3. The van der Waals surface area contributed by atoms with Gasteiger partial charge in [-0.05, 0) is 41.1 Å². The molecule has 1 unspecified atom stereocenters. The second kappa shape index (κ2) is 7.24. The molecule has 1 atom stereocenters. The number of benzene rings is 3. The summed E-state index contributed by atoms with van der Waals surface area (Å²) < 4.78 is 49.2. The van der Waals surface area contributed by atoms with E-state index in [2.05, 4.69) is 0 Å². The number of alkyl halides is 3. The van der Waals surface area contributed by atoms with Crippen molar-refractivity contribution in [2.75, 3.05) is 0 Å². The van der Waals surface area contributed by atoms with Crippen molar-refractivity contribution < 1.29 is 32.5 Å². The molecule has 0 amide bonds. The highest BCUT2D eigenvalue weighted by Crippen LogP contribution is 2.36. The second-order valence-corrected chi connectivity index (χ2v) is 6.51. The van der Waals surface area contributed by atoms with E-state index in [0.717, 1.165) is 29.8 Å². The molecule has 0 aliphatic rings. The third-order valence-corrected chi connectivity index (χ3v) is 4.28. The molecule has 0 aliphatic heterocycles. The highest BCUT2D eigenvalue weighted by Gasteiger charge is 2.40. The molecule has 0 aliphatic carbocycles. The van der Waals surface area contributed by atoms with Crippen molar-refractivity contribution in [3.05, 3.63) is 71.2 Å². The molecule has 0 heterocycles. The van der Waals surface area contributed by atoms with Gasteiger partial charge in [0.15, 0.2) is 0 Å². The minimum Gasteiger partial charge on any atom is -0.475 e. The molecule has 1 N–H and O–H groups in total. The summed E-state index contributed by atoms with van der Waals surface area (Å²) in [6.07, 6.45) is -4.58. The van der Waals surface area contributed by atoms with Crippen LogP contribution in [0.4, 0.5) is 13.2 Å². The molecule has 0 fully saturated rings. The van der Waals surface area contributed by atoms with Crippen LogP contribution in [0.3, 0.4) is 0 Å². The van der Waals surface area contributed by atoms with Gasteiger partial charge in [0.2, 0.25) is 0 Å². The fourth-order valence-corrected chi connectivity index (χ4v) is 2.75. The number of fused-ring (bicyclic) bond motifs is 1. The predicted octanol–water partition coefficient (Wildman–Crippen LogP) is 5.77. The summed E-state index contributed by atoms with van der Waals surface area (Å²) in [6, 6.07) is 14.7. The van der Waals surface area contributed by atoms with Gasteiger partial charge in [-0.3, -0.25) is 0 Å². The molecule has 0 aromatic heterocycles. The Balaban J connectivity index is 1.90. The topological polar surface area (TPSA) is 55.8 Å². The number of halogens is 4. The van der Waals surface area contributed by atoms with E-state index >= 15 is 0 Å². The third-order valence-electron chi connectivity index (χ3n) is 3.99. The molecule has 28 heavy (non-hydrogen) atoms. The number of aliphatic carboxylic acids is 1. The Hall–Kier alpha value is -2.93. The molecule has 3 aromatic carbocycles. The van der Waals surface area contributed by atoms with E-state index in [1.807, 2.05) is 24.3 Å². The number of rotatable bonds is 5. The molecule has 3 aromatic rings. The number of carbonyl (C=O) groups is 1. The van der Waals surface area contributed by atoms with Crippen LogP contribution in [0.25, 0.3) is 10.8 Å². The van der Waals surface area contributed by atoms with Gasteiger partial charge in [-0.2, -0.15) is 13.2 Å². The molecule has 0 saturated heterocycles. The Bertz CT molecular complexity index is 1040. The van der Waals surface area contributed by atoms with Crippen molar-refractivity contribution in [1.82, 2.24) is 0 Å². The first kappa shape index (κ1) is 19.8. The van der Waals surface area contributed by atoms with Gasteiger partial charge in [-0.25, -0.2) is 4.79 Å². The van der Waals surface area contributed by atoms with Gasteiger partial charge in [-0.1, -0.05) is 41.9 Å². The van der Waals surface area contributed by atoms with Crippen LogP contribution in [0.1, 0.15) is 12.5 Å². The highest BCUT2D eigenvalue weighted by atomic mass is 35.5. The smallest absolute Gasteiger partial charge is 0.416 e. The largest absolute Gasteiger partial charge is 0.475 e. The van der Waals surface area contributed by atoms with Gasteiger partial charge in [0.25, 0.3) is 0 Å². The Morgan fingerprint density at radius 3 is 2.25 bits per heavy atom. The van der Waals surface area contributed by atoms with Gasteiger partial charge < -0.3 is 14.6 Å². The molecule has 4 nitrogen and oxygen atoms in total. The van der Waals surface area contributed by atoms with Crippen molar-refractivity contribution in [3.63, 3.8) is 0 Å². The molecular weight excluding hydrogens is 397 g/mol. The molecule has 0 bridgehead atoms. The van der Waals surface area contributed by atoms with Gasteiger partial charge >= 0.3 is 17.9 Å². The molecule has 8 heteroatoms. The van der Waals surface area contributed by atoms with Crippen LogP contribution in [0.15, 0.2) is 60.7 Å². The Labute approximate surface area is 163 Å². The second-order valence-electron chi connectivity index (χ2n) is 6.11. The van der Waals surface area contributed by atoms with Crippen LogP contribution < -0.4 is 9.47 Å². The molecule has 3 rings (SSSR count). The van der Waals surface area contributed by atoms with Crippen molar-refractivity contribution in [2.45, 2.75) is 18.9 Å². The Kier molecular flexibility index (Phi) is 5.12. The summed E-state index contributed by atoms with van der Waals surface area (Å²) in [7, 11) is 0. The van der Waals surface area contributed by atoms with Crippen LogP contribution >= 0.6 is 11.6 Å². The summed E-state index contributed by atoms with van der Waals surface area (Å²) in [6.45, 7) is 1.14. The summed E-state index contributed by atoms with van der Waals surface area (Å²) in [4.78, 5) is 11.8. The van der Waals surface area contributed by atoms with Crippen molar-refractivity contribution in [2.24, 2.45) is 0 Å². The highest BCUT2D eigenvalue weighted by molar-refractivity contribution is 6.32. The number of carboxylic acid groups (broad SMARTS) is 1. The maximum absolute atomic E-state index is 12.8. The van der Waals surface area contributed by atoms with E-state index in [1.165, 1.54) is 0 Å². The standard InChI is InChI=1S/C20H14ClF3O4/c1-19(18(25)26,27-15-8-6-12-4-2-3-5-13(12)10-15)28-17-9-7-14(11-16(17)21)20(22,23)24/h2-11H,1H3,(H,25,26). The third kappa shape index (κ3) is 4.14. The zero-order valence-electron chi connectivity index (χ0n) is 14.5. The summed E-state index contributed by atoms with van der Waals surface area (Å²) in [5.74, 6) is -3.73. The van der Waals surface area contributed by atoms with Crippen LogP contribution in [-0.2, 0) is 11.0 Å². The maximum Gasteiger partial charge on any atom is 0.416 e. The van der Waals surface area contributed by atoms with E-state index in [1.54, 1.807) is 18.2 Å². The first-order valence-electron chi connectivity index (χ1n) is 8.05. The SMILES string of the molecule is CC(Oc1ccc2ccccc2c1)(Oc1ccc(C(F)(F)F)cc1Cl)C(=O)O. The molecular formula is C20H14ClF3O4. The van der Waals surface area contributed by atoms with Crippen LogP contribution in [0.2, 0.25) is 5.02 Å². The normalized spacial score (nSPS) is 13.8. The minimum absolute atomic E-state index is 0.214. The van der Waals surface area contributed by atoms with E-state index in [0.29, 0.717) is 6.07 Å². The molecule has 0 saturated carbocycles. The van der Waals surface area contributed by atoms with Crippen LogP contribution in [0, 0.1) is 0 Å². The van der Waals surface area contributed by atoms with Crippen molar-refractivity contribution in [1.29, 1.82) is 0 Å². The summed E-state index contributed by atoms with van der Waals surface area (Å²) in [5.41, 5.74) is -0.975. The Morgan fingerprint density at radius 2 is 1.64 bits per heavy atom. The van der Waals surface area contributed by atoms with E-state index in [9.17, 15) is 23.1 Å².